The van der Waals surface area contributed by atoms with E-state index in [9.17, 15) is 9.18 Å². The van der Waals surface area contributed by atoms with Crippen molar-refractivity contribution in [2.75, 3.05) is 13.1 Å². The Bertz CT molecular complexity index is 370. The summed E-state index contributed by atoms with van der Waals surface area (Å²) in [5.41, 5.74) is 0. The molecule has 0 N–H and O–H groups in total. The van der Waals surface area contributed by atoms with Crippen molar-refractivity contribution < 1.29 is 9.18 Å². The molecule has 0 radical (unpaired) electrons. The lowest BCUT2D eigenvalue weighted by atomic mass is 10.1. The Kier molecular flexibility index (Phi) is 2.69. The smallest absolute Gasteiger partial charge is 0.273 e. The number of likely N-dealkylation sites (tertiary alicyclic amines) is 1. The van der Waals surface area contributed by atoms with E-state index in [1.807, 2.05) is 37.3 Å². The van der Waals surface area contributed by atoms with Crippen LogP contribution in [0.4, 0.5) is 4.39 Å². The minimum Gasteiger partial charge on any atom is -0.335 e. The predicted octanol–water partition coefficient (Wildman–Crippen LogP) is 2.31. The Morgan fingerprint density at radius 1 is 1.47 bits per heavy atom. The molecule has 1 atom stereocenters. The largest absolute Gasteiger partial charge is 0.335 e. The highest BCUT2D eigenvalue weighted by atomic mass is 32.2. The second-order valence-corrected chi connectivity index (χ2v) is 4.79. The second-order valence-electron chi connectivity index (χ2n) is 3.46. The summed E-state index contributed by atoms with van der Waals surface area (Å²) in [6.45, 7) is 2.63. The number of nitrogens with zero attached hydrogens (tertiary/aromatic N) is 1. The van der Waals surface area contributed by atoms with Gasteiger partial charge in [-0.3, -0.25) is 4.79 Å². The maximum Gasteiger partial charge on any atom is 0.273 e. The summed E-state index contributed by atoms with van der Waals surface area (Å²) in [4.78, 5) is 13.8. The third-order valence-electron chi connectivity index (χ3n) is 2.41. The molecule has 0 saturated carbocycles. The molecular formula is C11H12FNOS. The minimum absolute atomic E-state index is 0.196. The van der Waals surface area contributed by atoms with Crippen LogP contribution in [0.15, 0.2) is 35.2 Å². The fourth-order valence-corrected chi connectivity index (χ4v) is 2.64. The molecule has 0 bridgehead atoms. The van der Waals surface area contributed by atoms with E-state index in [0.29, 0.717) is 6.54 Å². The first kappa shape index (κ1) is 10.5. The number of halogens is 1. The van der Waals surface area contributed by atoms with E-state index in [4.69, 9.17) is 0 Å². The Morgan fingerprint density at radius 3 is 2.67 bits per heavy atom. The van der Waals surface area contributed by atoms with E-state index in [1.54, 1.807) is 0 Å². The molecule has 0 aliphatic carbocycles. The third kappa shape index (κ3) is 1.86. The number of β-lactam (4-membered cyclic amide) rings is 1. The van der Waals surface area contributed by atoms with E-state index in [-0.39, 0.29) is 6.54 Å². The first-order chi connectivity index (χ1) is 7.15. The van der Waals surface area contributed by atoms with Gasteiger partial charge in [-0.05, 0) is 19.1 Å². The molecule has 0 aromatic heterocycles. The van der Waals surface area contributed by atoms with Crippen molar-refractivity contribution in [1.29, 1.82) is 0 Å². The van der Waals surface area contributed by atoms with Gasteiger partial charge >= 0.3 is 0 Å². The number of thioether (sulfide) groups is 1. The fraction of sp³-hybridized carbons (Fsp3) is 0.364. The summed E-state index contributed by atoms with van der Waals surface area (Å²) in [7, 11) is 0. The van der Waals surface area contributed by atoms with Crippen molar-refractivity contribution in [2.24, 2.45) is 0 Å². The van der Waals surface area contributed by atoms with Crippen LogP contribution in [-0.4, -0.2) is 28.9 Å². The summed E-state index contributed by atoms with van der Waals surface area (Å²) in [5.74, 6) is -0.404. The van der Waals surface area contributed by atoms with Crippen LogP contribution in [0.25, 0.3) is 0 Å². The van der Waals surface area contributed by atoms with Crippen LogP contribution in [0, 0.1) is 0 Å². The van der Waals surface area contributed by atoms with Crippen molar-refractivity contribution in [2.45, 2.75) is 16.8 Å². The van der Waals surface area contributed by atoms with Gasteiger partial charge in [0.1, 0.15) is 0 Å². The van der Waals surface area contributed by atoms with Gasteiger partial charge in [0, 0.05) is 11.4 Å². The lowest BCUT2D eigenvalue weighted by Gasteiger charge is -2.41. The number of carbonyl (C=O) groups is 1. The molecule has 1 aliphatic rings. The Balaban J connectivity index is 2.05. The number of amides is 1. The zero-order valence-corrected chi connectivity index (χ0v) is 9.26. The van der Waals surface area contributed by atoms with Gasteiger partial charge in [0.15, 0.2) is 0 Å². The molecule has 15 heavy (non-hydrogen) atoms. The molecule has 1 fully saturated rings. The summed E-state index contributed by atoms with van der Waals surface area (Å²) >= 11 is 1.00. The predicted molar refractivity (Wildman–Crippen MR) is 58.4 cm³/mol. The van der Waals surface area contributed by atoms with Gasteiger partial charge in [-0.2, -0.15) is 0 Å². The van der Waals surface area contributed by atoms with Crippen LogP contribution in [0.1, 0.15) is 6.92 Å². The average Bonchev–Trinajstić information content (AvgIpc) is 2.27. The van der Waals surface area contributed by atoms with Crippen molar-refractivity contribution in [3.8, 4) is 0 Å². The lowest BCUT2D eigenvalue weighted by Crippen LogP contribution is -2.61. The molecule has 1 aliphatic heterocycles. The molecule has 0 spiro atoms. The van der Waals surface area contributed by atoms with Gasteiger partial charge in [-0.25, -0.2) is 4.39 Å². The number of hydrogen-bond acceptors (Lipinski definition) is 2. The highest BCUT2D eigenvalue weighted by Gasteiger charge is 2.53. The molecule has 1 amide bonds. The maximum atomic E-state index is 14.0. The van der Waals surface area contributed by atoms with E-state index in [1.165, 1.54) is 4.90 Å². The van der Waals surface area contributed by atoms with E-state index >= 15 is 0 Å². The number of carbonyl (C=O) groups excluding carboxylic acids is 1. The molecule has 2 nitrogen and oxygen atoms in total. The summed E-state index contributed by atoms with van der Waals surface area (Å²) < 4.78 is 14.0. The average molecular weight is 225 g/mol. The molecule has 1 aromatic carbocycles. The highest BCUT2D eigenvalue weighted by molar-refractivity contribution is 8.01. The van der Waals surface area contributed by atoms with Gasteiger partial charge in [0.05, 0.1) is 6.54 Å². The zero-order valence-electron chi connectivity index (χ0n) is 8.44. The Hall–Kier alpha value is -1.03. The van der Waals surface area contributed by atoms with Crippen LogP contribution in [0.3, 0.4) is 0 Å². The normalized spacial score (nSPS) is 25.2. The monoisotopic (exact) mass is 225 g/mol. The maximum absolute atomic E-state index is 14.0. The van der Waals surface area contributed by atoms with E-state index in [0.717, 1.165) is 16.7 Å². The third-order valence-corrected chi connectivity index (χ3v) is 3.54. The standard InChI is InChI=1S/C11H12FNOS/c1-2-13-8-11(12,10(13)14)15-9-6-4-3-5-7-9/h3-7H,2,8H2,1H3. The molecule has 2 rings (SSSR count). The van der Waals surface area contributed by atoms with Crippen LogP contribution in [0.5, 0.6) is 0 Å². The number of rotatable bonds is 3. The summed E-state index contributed by atoms with van der Waals surface area (Å²) in [6.07, 6.45) is 0. The fourth-order valence-electron chi connectivity index (χ4n) is 1.54. The minimum atomic E-state index is -1.74. The zero-order chi connectivity index (χ0) is 10.9. The topological polar surface area (TPSA) is 20.3 Å². The molecule has 80 valence electrons. The van der Waals surface area contributed by atoms with Crippen molar-refractivity contribution in [1.82, 2.24) is 4.90 Å². The number of hydrogen-bond donors (Lipinski definition) is 0. The molecule has 1 aromatic rings. The second kappa shape index (κ2) is 3.85. The highest BCUT2D eigenvalue weighted by Crippen LogP contribution is 2.42. The van der Waals surface area contributed by atoms with Gasteiger partial charge < -0.3 is 4.90 Å². The van der Waals surface area contributed by atoms with Crippen molar-refractivity contribution in [3.05, 3.63) is 30.3 Å². The molecular weight excluding hydrogens is 213 g/mol. The first-order valence-corrected chi connectivity index (χ1v) is 5.70. The SMILES string of the molecule is CCN1CC(F)(Sc2ccccc2)C1=O. The molecule has 1 saturated heterocycles. The Labute approximate surface area is 92.5 Å². The van der Waals surface area contributed by atoms with Crippen molar-refractivity contribution in [3.63, 3.8) is 0 Å². The van der Waals surface area contributed by atoms with Crippen LogP contribution in [-0.2, 0) is 4.79 Å². The molecule has 1 heterocycles. The van der Waals surface area contributed by atoms with Gasteiger partial charge in [-0.15, -0.1) is 0 Å². The van der Waals surface area contributed by atoms with E-state index < -0.39 is 10.9 Å². The lowest BCUT2D eigenvalue weighted by molar-refractivity contribution is -0.152. The summed E-state index contributed by atoms with van der Waals surface area (Å²) in [6, 6.07) is 9.18. The van der Waals surface area contributed by atoms with Gasteiger partial charge in [0.2, 0.25) is 0 Å². The number of alkyl halides is 1. The number of benzene rings is 1. The van der Waals surface area contributed by atoms with Crippen molar-refractivity contribution >= 4 is 17.7 Å². The molecule has 4 heteroatoms. The van der Waals surface area contributed by atoms with Crippen LogP contribution < -0.4 is 0 Å². The van der Waals surface area contributed by atoms with Crippen LogP contribution in [0.2, 0.25) is 0 Å². The van der Waals surface area contributed by atoms with Gasteiger partial charge in [-0.1, -0.05) is 30.0 Å². The Morgan fingerprint density at radius 2 is 2.13 bits per heavy atom. The first-order valence-electron chi connectivity index (χ1n) is 4.88. The quantitative estimate of drug-likeness (QED) is 0.736. The summed E-state index contributed by atoms with van der Waals surface area (Å²) in [5, 5.41) is -1.74. The molecule has 1 unspecified atom stereocenters. The van der Waals surface area contributed by atoms with E-state index in [2.05, 4.69) is 0 Å². The van der Waals surface area contributed by atoms with Crippen LogP contribution >= 0.6 is 11.8 Å². The van der Waals surface area contributed by atoms with Gasteiger partial charge in [0.25, 0.3) is 10.9 Å².